The molecule has 0 aliphatic carbocycles. The first kappa shape index (κ1) is 7.01. The fourth-order valence-corrected chi connectivity index (χ4v) is 2.57. The predicted octanol–water partition coefficient (Wildman–Crippen LogP) is 1.13. The summed E-state index contributed by atoms with van der Waals surface area (Å²) in [7, 11) is 0. The SMILES string of the molecule is CC1=CC2=CN[Se]N2C=C1C. The van der Waals surface area contributed by atoms with Crippen LogP contribution in [0.4, 0.5) is 0 Å². The second-order valence-electron chi connectivity index (χ2n) is 2.74. The van der Waals surface area contributed by atoms with Crippen molar-refractivity contribution < 1.29 is 0 Å². The number of hydrogen-bond acceptors (Lipinski definition) is 2. The Morgan fingerprint density at radius 1 is 1.36 bits per heavy atom. The molecule has 11 heavy (non-hydrogen) atoms. The number of fused-ring (bicyclic) bond motifs is 1. The van der Waals surface area contributed by atoms with Crippen LogP contribution in [0.2, 0.25) is 0 Å². The summed E-state index contributed by atoms with van der Waals surface area (Å²) in [5.41, 5.74) is 4.04. The third-order valence-corrected chi connectivity index (χ3v) is 3.45. The van der Waals surface area contributed by atoms with Crippen molar-refractivity contribution in [3.8, 4) is 0 Å². The van der Waals surface area contributed by atoms with Crippen molar-refractivity contribution >= 4 is 15.4 Å². The van der Waals surface area contributed by atoms with Gasteiger partial charge in [0.15, 0.2) is 0 Å². The van der Waals surface area contributed by atoms with Gasteiger partial charge in [-0.15, -0.1) is 0 Å². The summed E-state index contributed by atoms with van der Waals surface area (Å²) in [4.78, 5) is 0. The van der Waals surface area contributed by atoms with Crippen LogP contribution in [0.25, 0.3) is 0 Å². The van der Waals surface area contributed by atoms with Gasteiger partial charge in [-0.1, -0.05) is 0 Å². The second-order valence-corrected chi connectivity index (χ2v) is 4.45. The van der Waals surface area contributed by atoms with Crippen molar-refractivity contribution in [2.45, 2.75) is 13.8 Å². The second kappa shape index (κ2) is 2.43. The van der Waals surface area contributed by atoms with E-state index in [4.69, 9.17) is 0 Å². The molecule has 0 aromatic carbocycles. The van der Waals surface area contributed by atoms with Gasteiger partial charge in [0.05, 0.1) is 0 Å². The van der Waals surface area contributed by atoms with Crippen LogP contribution in [0.5, 0.6) is 0 Å². The summed E-state index contributed by atoms with van der Waals surface area (Å²) in [6, 6.07) is 0. The van der Waals surface area contributed by atoms with Crippen LogP contribution in [-0.4, -0.2) is 19.3 Å². The first-order valence-corrected chi connectivity index (χ1v) is 5.18. The molecule has 0 saturated carbocycles. The standard InChI is InChI=1S/C8H10N2Se/c1-6-3-8-4-9-11-10(8)5-7(6)2/h3-5,9H,1-2H3. The van der Waals surface area contributed by atoms with Crippen LogP contribution < -0.4 is 4.33 Å². The Hall–Kier alpha value is -0.661. The van der Waals surface area contributed by atoms with E-state index in [1.165, 1.54) is 16.8 Å². The average molecular weight is 213 g/mol. The number of nitrogens with zero attached hydrogens (tertiary/aromatic N) is 1. The Morgan fingerprint density at radius 2 is 2.18 bits per heavy atom. The van der Waals surface area contributed by atoms with Crippen LogP contribution in [0.1, 0.15) is 13.8 Å². The van der Waals surface area contributed by atoms with E-state index in [0.717, 1.165) is 0 Å². The summed E-state index contributed by atoms with van der Waals surface area (Å²) in [6.07, 6.45) is 6.50. The van der Waals surface area contributed by atoms with Crippen molar-refractivity contribution in [2.75, 3.05) is 0 Å². The van der Waals surface area contributed by atoms with Gasteiger partial charge in [0, 0.05) is 0 Å². The fourth-order valence-electron chi connectivity index (χ4n) is 1.08. The quantitative estimate of drug-likeness (QED) is 0.607. The van der Waals surface area contributed by atoms with Crippen molar-refractivity contribution in [1.82, 2.24) is 8.25 Å². The van der Waals surface area contributed by atoms with Gasteiger partial charge >= 0.3 is 72.8 Å². The molecule has 58 valence electrons. The van der Waals surface area contributed by atoms with Crippen molar-refractivity contribution in [3.05, 3.63) is 35.3 Å². The number of rotatable bonds is 0. The van der Waals surface area contributed by atoms with Gasteiger partial charge in [-0.3, -0.25) is 0 Å². The summed E-state index contributed by atoms with van der Waals surface area (Å²) in [5.74, 6) is 0. The third kappa shape index (κ3) is 1.10. The van der Waals surface area contributed by atoms with Gasteiger partial charge < -0.3 is 0 Å². The monoisotopic (exact) mass is 214 g/mol. The minimum atomic E-state index is 0.397. The summed E-state index contributed by atoms with van der Waals surface area (Å²) in [5, 5.41) is 0. The van der Waals surface area contributed by atoms with E-state index in [9.17, 15) is 0 Å². The number of allylic oxidation sites excluding steroid dienone is 3. The molecule has 1 N–H and O–H groups in total. The van der Waals surface area contributed by atoms with Crippen molar-refractivity contribution in [2.24, 2.45) is 0 Å². The normalized spacial score (nSPS) is 21.6. The molecule has 0 amide bonds. The number of nitrogens with one attached hydrogen (secondary N) is 1. The molecule has 0 saturated heterocycles. The van der Waals surface area contributed by atoms with E-state index in [1.54, 1.807) is 0 Å². The van der Waals surface area contributed by atoms with Crippen LogP contribution >= 0.6 is 0 Å². The molecule has 2 heterocycles. The van der Waals surface area contributed by atoms with E-state index >= 15 is 0 Å². The van der Waals surface area contributed by atoms with Crippen LogP contribution in [-0.2, 0) is 0 Å². The summed E-state index contributed by atoms with van der Waals surface area (Å²) < 4.78 is 5.52. The molecule has 2 aliphatic heterocycles. The first-order valence-electron chi connectivity index (χ1n) is 3.56. The molecule has 2 aliphatic rings. The zero-order chi connectivity index (χ0) is 7.84. The van der Waals surface area contributed by atoms with Crippen LogP contribution in [0, 0.1) is 0 Å². The maximum absolute atomic E-state index is 3.24. The number of hydrogen-bond donors (Lipinski definition) is 1. The maximum atomic E-state index is 3.24. The molecule has 0 atom stereocenters. The van der Waals surface area contributed by atoms with Crippen LogP contribution in [0.3, 0.4) is 0 Å². The molecule has 0 spiro atoms. The topological polar surface area (TPSA) is 15.3 Å². The Labute approximate surface area is 73.2 Å². The predicted molar refractivity (Wildman–Crippen MR) is 46.3 cm³/mol. The zero-order valence-corrected chi connectivity index (χ0v) is 8.30. The fraction of sp³-hybridized carbons (Fsp3) is 0.250. The Bertz CT molecular complexity index is 276. The third-order valence-electron chi connectivity index (χ3n) is 1.91. The molecular formula is C8H10N2Se. The van der Waals surface area contributed by atoms with Gasteiger partial charge in [0.25, 0.3) is 0 Å². The molecule has 0 aromatic heterocycles. The minimum absolute atomic E-state index is 0.397. The van der Waals surface area contributed by atoms with E-state index < -0.39 is 0 Å². The summed E-state index contributed by atoms with van der Waals surface area (Å²) in [6.45, 7) is 4.30. The molecule has 0 unspecified atom stereocenters. The molecule has 0 radical (unpaired) electrons. The Balaban J connectivity index is 2.37. The molecule has 0 bridgehead atoms. The van der Waals surface area contributed by atoms with Gasteiger partial charge in [0.2, 0.25) is 0 Å². The van der Waals surface area contributed by atoms with E-state index in [0.29, 0.717) is 15.4 Å². The average Bonchev–Trinajstić information content (AvgIpc) is 2.36. The molecule has 0 aromatic rings. The Morgan fingerprint density at radius 3 is 3.00 bits per heavy atom. The van der Waals surface area contributed by atoms with E-state index in [2.05, 4.69) is 40.6 Å². The summed E-state index contributed by atoms with van der Waals surface area (Å²) >= 11 is 0.397. The molecule has 3 heteroatoms. The van der Waals surface area contributed by atoms with Gasteiger partial charge in [-0.2, -0.15) is 0 Å². The van der Waals surface area contributed by atoms with E-state index in [1.807, 2.05) is 0 Å². The first-order chi connectivity index (χ1) is 5.27. The van der Waals surface area contributed by atoms with Crippen LogP contribution in [0.15, 0.2) is 35.3 Å². The van der Waals surface area contributed by atoms with Crippen molar-refractivity contribution in [1.29, 1.82) is 0 Å². The molecule has 2 rings (SSSR count). The zero-order valence-electron chi connectivity index (χ0n) is 6.59. The van der Waals surface area contributed by atoms with Gasteiger partial charge in [-0.05, 0) is 0 Å². The molecule has 2 nitrogen and oxygen atoms in total. The molecule has 0 fully saturated rings. The Kier molecular flexibility index (Phi) is 1.55. The van der Waals surface area contributed by atoms with Crippen molar-refractivity contribution in [3.63, 3.8) is 0 Å². The molecular weight excluding hydrogens is 203 g/mol. The van der Waals surface area contributed by atoms with Gasteiger partial charge in [-0.25, -0.2) is 0 Å². The van der Waals surface area contributed by atoms with E-state index in [-0.39, 0.29) is 0 Å². The van der Waals surface area contributed by atoms with Gasteiger partial charge in [0.1, 0.15) is 0 Å².